The first kappa shape index (κ1) is 17.3. The van der Waals surface area contributed by atoms with Gasteiger partial charge in [-0.1, -0.05) is 6.42 Å². The van der Waals surface area contributed by atoms with E-state index in [1.807, 2.05) is 42.2 Å². The molecule has 1 saturated heterocycles. The van der Waals surface area contributed by atoms with E-state index >= 15 is 0 Å². The van der Waals surface area contributed by atoms with E-state index in [9.17, 15) is 9.90 Å². The number of rotatable bonds is 5. The summed E-state index contributed by atoms with van der Waals surface area (Å²) < 4.78 is 0. The lowest BCUT2D eigenvalue weighted by Crippen LogP contribution is -2.38. The first-order valence-electron chi connectivity index (χ1n) is 8.47. The predicted octanol–water partition coefficient (Wildman–Crippen LogP) is 2.22. The molecule has 0 saturated carbocycles. The fourth-order valence-corrected chi connectivity index (χ4v) is 3.27. The number of hydrogen-bond acceptors (Lipinski definition) is 6. The Balaban J connectivity index is 2.07. The summed E-state index contributed by atoms with van der Waals surface area (Å²) in [5.74, 6) is -0.173. The zero-order valence-corrected chi connectivity index (χ0v) is 14.6. The summed E-state index contributed by atoms with van der Waals surface area (Å²) in [6, 6.07) is 3.85. The summed E-state index contributed by atoms with van der Waals surface area (Å²) >= 11 is 0. The van der Waals surface area contributed by atoms with Crippen molar-refractivity contribution in [3.8, 4) is 11.1 Å². The van der Waals surface area contributed by atoms with E-state index in [4.69, 9.17) is 4.98 Å². The first-order valence-corrected chi connectivity index (χ1v) is 8.47. The Labute approximate surface area is 147 Å². The number of anilines is 1. The van der Waals surface area contributed by atoms with Crippen molar-refractivity contribution in [3.05, 3.63) is 36.4 Å². The number of nitrogens with zero attached hydrogens (tertiary/aromatic N) is 5. The summed E-state index contributed by atoms with van der Waals surface area (Å²) in [7, 11) is 3.81. The number of aliphatic carboxylic acids is 1. The van der Waals surface area contributed by atoms with Crippen molar-refractivity contribution < 1.29 is 9.90 Å². The van der Waals surface area contributed by atoms with Gasteiger partial charge < -0.3 is 10.0 Å². The number of pyridine rings is 1. The molecule has 25 heavy (non-hydrogen) atoms. The van der Waals surface area contributed by atoms with Crippen molar-refractivity contribution in [1.29, 1.82) is 0 Å². The fraction of sp³-hybridized carbons (Fsp3) is 0.444. The van der Waals surface area contributed by atoms with Gasteiger partial charge in [-0.3, -0.25) is 14.7 Å². The maximum absolute atomic E-state index is 11.3. The molecular formula is C18H23N5O2. The highest BCUT2D eigenvalue weighted by atomic mass is 16.4. The van der Waals surface area contributed by atoms with E-state index < -0.39 is 5.97 Å². The molecule has 1 aliphatic rings. The highest BCUT2D eigenvalue weighted by Gasteiger charge is 2.29. The Morgan fingerprint density at radius 1 is 1.32 bits per heavy atom. The maximum Gasteiger partial charge on any atom is 0.317 e. The highest BCUT2D eigenvalue weighted by molar-refractivity contribution is 5.70. The number of hydrogen-bond donors (Lipinski definition) is 1. The monoisotopic (exact) mass is 341 g/mol. The number of carboxylic acid groups (broad SMARTS) is 1. The van der Waals surface area contributed by atoms with Gasteiger partial charge in [0.15, 0.2) is 0 Å². The van der Waals surface area contributed by atoms with E-state index in [1.54, 1.807) is 12.4 Å². The molecule has 0 aromatic carbocycles. The van der Waals surface area contributed by atoms with Crippen molar-refractivity contribution in [3.63, 3.8) is 0 Å². The molecule has 0 aliphatic carbocycles. The van der Waals surface area contributed by atoms with Crippen LogP contribution in [-0.2, 0) is 4.79 Å². The Kier molecular flexibility index (Phi) is 5.23. The molecule has 7 heteroatoms. The van der Waals surface area contributed by atoms with E-state index in [1.165, 1.54) is 0 Å². The molecule has 0 bridgehead atoms. The van der Waals surface area contributed by atoms with Gasteiger partial charge in [-0.15, -0.1) is 0 Å². The molecule has 1 fully saturated rings. The summed E-state index contributed by atoms with van der Waals surface area (Å²) in [6.45, 7) is 0.801. The smallest absolute Gasteiger partial charge is 0.317 e. The molecule has 2 aromatic rings. The van der Waals surface area contributed by atoms with E-state index in [2.05, 4.69) is 9.97 Å². The second-order valence-electron chi connectivity index (χ2n) is 6.48. The van der Waals surface area contributed by atoms with Gasteiger partial charge in [0, 0.05) is 38.2 Å². The van der Waals surface area contributed by atoms with Crippen LogP contribution in [0.5, 0.6) is 0 Å². The van der Waals surface area contributed by atoms with Crippen LogP contribution in [0.15, 0.2) is 30.7 Å². The standard InChI is InChI=1S/C18H23N5O2/c1-22(2)18-20-11-14(13-6-8-19-9-7-13)17(21-18)15-5-3-4-10-23(15)12-16(24)25/h6-9,11,15H,3-5,10,12H2,1-2H3,(H,24,25)/t15-/m1/s1. The molecule has 7 nitrogen and oxygen atoms in total. The lowest BCUT2D eigenvalue weighted by atomic mass is 9.94. The number of carboxylic acids is 1. The van der Waals surface area contributed by atoms with Crippen LogP contribution in [0.2, 0.25) is 0 Å². The average Bonchev–Trinajstić information content (AvgIpc) is 2.62. The number of piperidine rings is 1. The van der Waals surface area contributed by atoms with Crippen molar-refractivity contribution in [2.75, 3.05) is 32.1 Å². The normalized spacial score (nSPS) is 18.1. The molecule has 1 N–H and O–H groups in total. The number of aromatic nitrogens is 3. The van der Waals surface area contributed by atoms with Crippen LogP contribution in [0.3, 0.4) is 0 Å². The molecule has 0 amide bonds. The van der Waals surface area contributed by atoms with E-state index in [0.29, 0.717) is 5.95 Å². The van der Waals surface area contributed by atoms with E-state index in [0.717, 1.165) is 42.6 Å². The minimum atomic E-state index is -0.806. The minimum absolute atomic E-state index is 0.0188. The summed E-state index contributed by atoms with van der Waals surface area (Å²) in [4.78, 5) is 28.5. The summed E-state index contributed by atoms with van der Waals surface area (Å²) in [5, 5.41) is 9.27. The van der Waals surface area contributed by atoms with Crippen LogP contribution < -0.4 is 4.90 Å². The van der Waals surface area contributed by atoms with Crippen LogP contribution in [0.25, 0.3) is 11.1 Å². The minimum Gasteiger partial charge on any atom is -0.480 e. The summed E-state index contributed by atoms with van der Waals surface area (Å²) in [5.41, 5.74) is 2.83. The van der Waals surface area contributed by atoms with Crippen molar-refractivity contribution in [2.45, 2.75) is 25.3 Å². The third-order valence-corrected chi connectivity index (χ3v) is 4.46. The van der Waals surface area contributed by atoms with Gasteiger partial charge in [0.05, 0.1) is 18.3 Å². The number of carbonyl (C=O) groups is 1. The molecular weight excluding hydrogens is 318 g/mol. The first-order chi connectivity index (χ1) is 12.1. The topological polar surface area (TPSA) is 82.5 Å². The van der Waals surface area contributed by atoms with Gasteiger partial charge in [0.2, 0.25) is 5.95 Å². The van der Waals surface area contributed by atoms with E-state index in [-0.39, 0.29) is 12.6 Å². The Morgan fingerprint density at radius 3 is 2.76 bits per heavy atom. The number of likely N-dealkylation sites (tertiary alicyclic amines) is 1. The van der Waals surface area contributed by atoms with Gasteiger partial charge in [0.25, 0.3) is 0 Å². The van der Waals surface area contributed by atoms with Gasteiger partial charge in [-0.2, -0.15) is 0 Å². The molecule has 0 radical (unpaired) electrons. The van der Waals surface area contributed by atoms with Crippen LogP contribution in [0.4, 0.5) is 5.95 Å². The van der Waals surface area contributed by atoms with Crippen molar-refractivity contribution in [2.24, 2.45) is 0 Å². The second kappa shape index (κ2) is 7.57. The van der Waals surface area contributed by atoms with Gasteiger partial charge in [0.1, 0.15) is 0 Å². The van der Waals surface area contributed by atoms with Crippen LogP contribution in [0, 0.1) is 0 Å². The Bertz CT molecular complexity index is 736. The SMILES string of the molecule is CN(C)c1ncc(-c2ccncc2)c([C@H]2CCCCN2CC(=O)O)n1. The van der Waals surface area contributed by atoms with Crippen molar-refractivity contribution in [1.82, 2.24) is 19.9 Å². The molecule has 0 spiro atoms. The third kappa shape index (κ3) is 3.93. The second-order valence-corrected chi connectivity index (χ2v) is 6.48. The molecule has 3 rings (SSSR count). The lowest BCUT2D eigenvalue weighted by Gasteiger charge is -2.35. The van der Waals surface area contributed by atoms with Gasteiger partial charge in [-0.25, -0.2) is 9.97 Å². The van der Waals surface area contributed by atoms with Gasteiger partial charge >= 0.3 is 5.97 Å². The van der Waals surface area contributed by atoms with Crippen LogP contribution in [-0.4, -0.2) is 58.1 Å². The molecule has 2 aromatic heterocycles. The quantitative estimate of drug-likeness (QED) is 0.893. The van der Waals surface area contributed by atoms with Crippen LogP contribution in [0.1, 0.15) is 31.0 Å². The zero-order valence-electron chi connectivity index (χ0n) is 14.6. The fourth-order valence-electron chi connectivity index (χ4n) is 3.27. The maximum atomic E-state index is 11.3. The van der Waals surface area contributed by atoms with Crippen LogP contribution >= 0.6 is 0 Å². The van der Waals surface area contributed by atoms with Gasteiger partial charge in [-0.05, 0) is 37.1 Å². The average molecular weight is 341 g/mol. The molecule has 3 heterocycles. The predicted molar refractivity (Wildman–Crippen MR) is 95.4 cm³/mol. The summed E-state index contributed by atoms with van der Waals surface area (Å²) in [6.07, 6.45) is 8.30. The molecule has 132 valence electrons. The molecule has 0 unspecified atom stereocenters. The molecule has 1 atom stereocenters. The zero-order chi connectivity index (χ0) is 17.8. The Hall–Kier alpha value is -2.54. The Morgan fingerprint density at radius 2 is 2.08 bits per heavy atom. The molecule has 1 aliphatic heterocycles. The third-order valence-electron chi connectivity index (χ3n) is 4.46. The highest BCUT2D eigenvalue weighted by Crippen LogP contribution is 2.35. The lowest BCUT2D eigenvalue weighted by molar-refractivity contribution is -0.139. The van der Waals surface area contributed by atoms with Crippen molar-refractivity contribution >= 4 is 11.9 Å². The largest absolute Gasteiger partial charge is 0.480 e.